The Kier molecular flexibility index (Phi) is 5.43. The minimum Gasteiger partial charge on any atom is -0.467 e. The van der Waals surface area contributed by atoms with Crippen LogP contribution in [0.3, 0.4) is 0 Å². The molecule has 1 fully saturated rings. The fourth-order valence-electron chi connectivity index (χ4n) is 3.01. The molecule has 8 heteroatoms. The summed E-state index contributed by atoms with van der Waals surface area (Å²) in [6.45, 7) is 2.66. The van der Waals surface area contributed by atoms with Gasteiger partial charge in [-0.25, -0.2) is 0 Å². The van der Waals surface area contributed by atoms with Gasteiger partial charge in [-0.2, -0.15) is 0 Å². The second kappa shape index (κ2) is 7.94. The third kappa shape index (κ3) is 3.87. The van der Waals surface area contributed by atoms with Crippen LogP contribution in [0, 0.1) is 0 Å². The molecule has 3 heterocycles. The number of nitrogens with zero attached hydrogens (tertiary/aromatic N) is 4. The van der Waals surface area contributed by atoms with Crippen LogP contribution in [0.2, 0.25) is 10.0 Å². The number of furan rings is 1. The van der Waals surface area contributed by atoms with Gasteiger partial charge in [0.15, 0.2) is 5.16 Å². The molecular formula is C18H18Cl2N4OS. The Morgan fingerprint density at radius 2 is 1.92 bits per heavy atom. The highest BCUT2D eigenvalue weighted by Gasteiger charge is 2.22. The summed E-state index contributed by atoms with van der Waals surface area (Å²) in [7, 11) is 0. The molecule has 0 saturated carbocycles. The lowest BCUT2D eigenvalue weighted by atomic mass is 10.2. The third-order valence-corrected chi connectivity index (χ3v) is 6.11. The summed E-state index contributed by atoms with van der Waals surface area (Å²) >= 11 is 13.8. The molecule has 1 aliphatic heterocycles. The third-order valence-electron chi connectivity index (χ3n) is 4.33. The van der Waals surface area contributed by atoms with Gasteiger partial charge >= 0.3 is 0 Å². The molecule has 3 aromatic rings. The minimum absolute atomic E-state index is 0.567. The molecule has 0 bridgehead atoms. The van der Waals surface area contributed by atoms with Crippen molar-refractivity contribution in [2.24, 2.45) is 0 Å². The van der Waals surface area contributed by atoms with Gasteiger partial charge in [0.1, 0.15) is 5.76 Å². The van der Waals surface area contributed by atoms with E-state index in [1.807, 2.05) is 30.3 Å². The Hall–Kier alpha value is -1.63. The SMILES string of the molecule is Clc1ccc(CSc2nnc(N3CCCC3)n2Cc2ccco2)cc1Cl. The van der Waals surface area contributed by atoms with Crippen LogP contribution in [0.25, 0.3) is 0 Å². The first-order chi connectivity index (χ1) is 12.7. The van der Waals surface area contributed by atoms with E-state index in [1.54, 1.807) is 18.0 Å². The quantitative estimate of drug-likeness (QED) is 0.529. The fraction of sp³-hybridized carbons (Fsp3) is 0.333. The van der Waals surface area contributed by atoms with Crippen LogP contribution >= 0.6 is 35.0 Å². The number of hydrogen-bond donors (Lipinski definition) is 0. The monoisotopic (exact) mass is 408 g/mol. The molecule has 0 atom stereocenters. The highest BCUT2D eigenvalue weighted by atomic mass is 35.5. The van der Waals surface area contributed by atoms with E-state index in [2.05, 4.69) is 19.7 Å². The number of benzene rings is 1. The Bertz CT molecular complexity index is 875. The molecule has 2 aromatic heterocycles. The highest BCUT2D eigenvalue weighted by Crippen LogP contribution is 2.30. The maximum Gasteiger partial charge on any atom is 0.228 e. The van der Waals surface area contributed by atoms with Crippen molar-refractivity contribution >= 4 is 40.9 Å². The Labute approximate surface area is 166 Å². The number of aromatic nitrogens is 3. The molecule has 0 amide bonds. The van der Waals surface area contributed by atoms with Crippen molar-refractivity contribution in [3.63, 3.8) is 0 Å². The summed E-state index contributed by atoms with van der Waals surface area (Å²) in [4.78, 5) is 2.29. The number of thioether (sulfide) groups is 1. The lowest BCUT2D eigenvalue weighted by molar-refractivity contribution is 0.483. The normalized spacial score (nSPS) is 14.3. The lowest BCUT2D eigenvalue weighted by Gasteiger charge is -2.17. The van der Waals surface area contributed by atoms with Crippen molar-refractivity contribution in [2.75, 3.05) is 18.0 Å². The van der Waals surface area contributed by atoms with E-state index in [9.17, 15) is 0 Å². The Morgan fingerprint density at radius 1 is 1.08 bits per heavy atom. The summed E-state index contributed by atoms with van der Waals surface area (Å²) < 4.78 is 7.67. The van der Waals surface area contributed by atoms with Crippen molar-refractivity contribution < 1.29 is 4.42 Å². The molecule has 0 spiro atoms. The van der Waals surface area contributed by atoms with Crippen LogP contribution < -0.4 is 4.90 Å². The van der Waals surface area contributed by atoms with Gasteiger partial charge in [0, 0.05) is 18.8 Å². The first-order valence-electron chi connectivity index (χ1n) is 8.48. The molecule has 0 unspecified atom stereocenters. The topological polar surface area (TPSA) is 47.1 Å². The molecule has 1 saturated heterocycles. The zero-order chi connectivity index (χ0) is 17.9. The summed E-state index contributed by atoms with van der Waals surface area (Å²) in [5.41, 5.74) is 1.10. The maximum absolute atomic E-state index is 6.12. The summed E-state index contributed by atoms with van der Waals surface area (Å²) in [5.74, 6) is 2.55. The van der Waals surface area contributed by atoms with Gasteiger partial charge in [-0.05, 0) is 42.7 Å². The van der Waals surface area contributed by atoms with Crippen LogP contribution in [0.4, 0.5) is 5.95 Å². The molecule has 136 valence electrons. The van der Waals surface area contributed by atoms with Crippen LogP contribution in [-0.2, 0) is 12.3 Å². The second-order valence-electron chi connectivity index (χ2n) is 6.18. The Balaban J connectivity index is 1.57. The molecular weight excluding hydrogens is 391 g/mol. The minimum atomic E-state index is 0.567. The highest BCUT2D eigenvalue weighted by molar-refractivity contribution is 7.98. The molecule has 1 aromatic carbocycles. The average molecular weight is 409 g/mol. The second-order valence-corrected chi connectivity index (χ2v) is 7.94. The van der Waals surface area contributed by atoms with Crippen LogP contribution in [-0.4, -0.2) is 27.9 Å². The number of halogens is 2. The van der Waals surface area contributed by atoms with Gasteiger partial charge in [-0.15, -0.1) is 10.2 Å². The molecule has 0 radical (unpaired) electrons. The van der Waals surface area contributed by atoms with E-state index in [1.165, 1.54) is 12.8 Å². The van der Waals surface area contributed by atoms with E-state index >= 15 is 0 Å². The van der Waals surface area contributed by atoms with Crippen LogP contribution in [0.15, 0.2) is 46.2 Å². The van der Waals surface area contributed by atoms with Gasteiger partial charge in [0.2, 0.25) is 5.95 Å². The van der Waals surface area contributed by atoms with Crippen molar-refractivity contribution in [1.29, 1.82) is 0 Å². The predicted molar refractivity (Wildman–Crippen MR) is 105 cm³/mol. The van der Waals surface area contributed by atoms with Crippen LogP contribution in [0.5, 0.6) is 0 Å². The standard InChI is InChI=1S/C18H18Cl2N4OS/c19-15-6-5-13(10-16(15)20)12-26-18-22-21-17(23-7-1-2-8-23)24(18)11-14-4-3-9-25-14/h3-6,9-10H,1-2,7-8,11-12H2. The average Bonchev–Trinajstić information content (AvgIpc) is 3.38. The smallest absolute Gasteiger partial charge is 0.228 e. The van der Waals surface area contributed by atoms with Crippen molar-refractivity contribution in [1.82, 2.24) is 14.8 Å². The van der Waals surface area contributed by atoms with Crippen molar-refractivity contribution in [3.8, 4) is 0 Å². The van der Waals surface area contributed by atoms with Gasteiger partial charge in [0.05, 0.1) is 22.9 Å². The molecule has 1 aliphatic rings. The van der Waals surface area contributed by atoms with Crippen molar-refractivity contribution in [2.45, 2.75) is 30.3 Å². The summed E-state index contributed by atoms with van der Waals surface area (Å²) in [6, 6.07) is 9.57. The number of hydrogen-bond acceptors (Lipinski definition) is 5. The maximum atomic E-state index is 6.12. The zero-order valence-corrected chi connectivity index (χ0v) is 16.4. The Morgan fingerprint density at radius 3 is 2.65 bits per heavy atom. The van der Waals surface area contributed by atoms with E-state index < -0.39 is 0 Å². The summed E-state index contributed by atoms with van der Waals surface area (Å²) in [5, 5.41) is 10.9. The van der Waals surface area contributed by atoms with Crippen LogP contribution in [0.1, 0.15) is 24.2 Å². The number of rotatable bonds is 6. The summed E-state index contributed by atoms with van der Waals surface area (Å²) in [6.07, 6.45) is 4.08. The van der Waals surface area contributed by atoms with E-state index in [0.29, 0.717) is 16.6 Å². The van der Waals surface area contributed by atoms with Gasteiger partial charge < -0.3 is 9.32 Å². The van der Waals surface area contributed by atoms with E-state index in [4.69, 9.17) is 27.6 Å². The number of anilines is 1. The van der Waals surface area contributed by atoms with Gasteiger partial charge in [0.25, 0.3) is 0 Å². The van der Waals surface area contributed by atoms with E-state index in [0.717, 1.165) is 41.3 Å². The van der Waals surface area contributed by atoms with E-state index in [-0.39, 0.29) is 0 Å². The van der Waals surface area contributed by atoms with Crippen molar-refractivity contribution in [3.05, 3.63) is 58.0 Å². The molecule has 26 heavy (non-hydrogen) atoms. The lowest BCUT2D eigenvalue weighted by Crippen LogP contribution is -2.22. The molecule has 4 rings (SSSR count). The zero-order valence-electron chi connectivity index (χ0n) is 14.1. The van der Waals surface area contributed by atoms with Gasteiger partial charge in [-0.1, -0.05) is 41.0 Å². The molecule has 0 aliphatic carbocycles. The molecule has 5 nitrogen and oxygen atoms in total. The predicted octanol–water partition coefficient (Wildman–Crippen LogP) is 5.12. The largest absolute Gasteiger partial charge is 0.467 e. The first-order valence-corrected chi connectivity index (χ1v) is 10.2. The van der Waals surface area contributed by atoms with Gasteiger partial charge in [-0.3, -0.25) is 4.57 Å². The first kappa shape index (κ1) is 17.8. The molecule has 0 N–H and O–H groups in total. The fourth-order valence-corrected chi connectivity index (χ4v) is 4.21.